The smallest absolute Gasteiger partial charge is 0.410 e. The lowest BCUT2D eigenvalue weighted by Crippen LogP contribution is -2.57. The van der Waals surface area contributed by atoms with Crippen LogP contribution < -0.4 is 10.6 Å². The minimum absolute atomic E-state index is 0.0241. The number of fused-ring (bicyclic) bond motifs is 3. The number of carbonyl (C=O) groups is 5. The number of halogens is 1. The fraction of sp³-hybridized carbons (Fsp3) is 0.606. The molecule has 2 N–H and O–H groups in total. The van der Waals surface area contributed by atoms with Gasteiger partial charge in [-0.2, -0.15) is 0 Å². The van der Waals surface area contributed by atoms with Crippen molar-refractivity contribution < 1.29 is 47.3 Å². The van der Waals surface area contributed by atoms with Gasteiger partial charge >= 0.3 is 18.2 Å². The number of ether oxygens (including phenoxy) is 4. The standard InChI is InChI=1S/C33H43FN4O9/c1-5-45-29(41)33-15-21(33)11-7-6-8-13-44-19-25(35-30(42)47-32(2,3)4)28(40)38-17-22(14-26(38)27(39)36-33)46-31(43)37-16-20-10-9-12-24(34)23(20)18-37/h7,9-12,21-22,25-26H,5-6,8,13-19H2,1-4H3,(H,35,42)(H,36,39)/b11-7-/t21-,22-,25+,26+,33-/m1/s1. The fourth-order valence-electron chi connectivity index (χ4n) is 6.20. The van der Waals surface area contributed by atoms with E-state index in [0.29, 0.717) is 30.4 Å². The topological polar surface area (TPSA) is 153 Å². The summed E-state index contributed by atoms with van der Waals surface area (Å²) in [4.78, 5) is 69.7. The summed E-state index contributed by atoms with van der Waals surface area (Å²) >= 11 is 0. The number of hydrogen-bond donors (Lipinski definition) is 2. The van der Waals surface area contributed by atoms with Gasteiger partial charge in [-0.05, 0) is 58.6 Å². The molecule has 5 rings (SSSR count). The lowest BCUT2D eigenvalue weighted by atomic mass is 10.1. The molecule has 0 spiro atoms. The first-order chi connectivity index (χ1) is 22.3. The summed E-state index contributed by atoms with van der Waals surface area (Å²) in [6.07, 6.45) is 2.84. The summed E-state index contributed by atoms with van der Waals surface area (Å²) < 4.78 is 36.6. The van der Waals surface area contributed by atoms with Crippen LogP contribution in [0.4, 0.5) is 14.0 Å². The number of rotatable bonds is 4. The Balaban J connectivity index is 1.38. The maximum absolute atomic E-state index is 14.3. The summed E-state index contributed by atoms with van der Waals surface area (Å²) in [7, 11) is 0. The number of esters is 1. The van der Waals surface area contributed by atoms with E-state index in [1.807, 2.05) is 12.2 Å². The Kier molecular flexibility index (Phi) is 10.1. The van der Waals surface area contributed by atoms with E-state index in [2.05, 4.69) is 10.6 Å². The number of benzene rings is 1. The SMILES string of the molecule is CCOC(=O)[C@@]12C[C@H]1/C=C\CCCOC[C@H](NC(=O)OC(C)(C)C)C(=O)N1C[C@H](OC(=O)N3Cc4cccc(F)c4C3)C[C@H]1C(=O)N2. The predicted octanol–water partition coefficient (Wildman–Crippen LogP) is 2.95. The van der Waals surface area contributed by atoms with E-state index in [1.165, 1.54) is 15.9 Å². The Morgan fingerprint density at radius 2 is 1.98 bits per heavy atom. The van der Waals surface area contributed by atoms with Gasteiger partial charge in [-0.1, -0.05) is 24.3 Å². The summed E-state index contributed by atoms with van der Waals surface area (Å²) in [5, 5.41) is 5.42. The number of carbonyl (C=O) groups excluding carboxylic acids is 5. The Morgan fingerprint density at radius 1 is 1.19 bits per heavy atom. The molecule has 1 aromatic rings. The zero-order valence-corrected chi connectivity index (χ0v) is 27.2. The van der Waals surface area contributed by atoms with Crippen LogP contribution in [0.1, 0.15) is 64.5 Å². The summed E-state index contributed by atoms with van der Waals surface area (Å²) in [6.45, 7) is 6.97. The fourth-order valence-corrected chi connectivity index (χ4v) is 6.20. The molecule has 1 aromatic carbocycles. The van der Waals surface area contributed by atoms with Crippen LogP contribution in [-0.2, 0) is 46.4 Å². The molecule has 2 fully saturated rings. The van der Waals surface area contributed by atoms with Crippen LogP contribution in [0.2, 0.25) is 0 Å². The van der Waals surface area contributed by atoms with E-state index in [0.717, 1.165) is 0 Å². The maximum Gasteiger partial charge on any atom is 0.410 e. The average Bonchev–Trinajstić information content (AvgIpc) is 3.31. The molecule has 4 amide bonds. The first-order valence-electron chi connectivity index (χ1n) is 16.1. The molecule has 3 heterocycles. The molecule has 1 aliphatic carbocycles. The van der Waals surface area contributed by atoms with Gasteiger partial charge in [0.1, 0.15) is 35.1 Å². The van der Waals surface area contributed by atoms with Crippen LogP contribution >= 0.6 is 0 Å². The molecule has 3 aliphatic heterocycles. The minimum atomic E-state index is -1.29. The second kappa shape index (κ2) is 13.9. The van der Waals surface area contributed by atoms with Crippen LogP contribution in [0.3, 0.4) is 0 Å². The molecule has 0 bridgehead atoms. The molecule has 0 aromatic heterocycles. The number of amides is 4. The predicted molar refractivity (Wildman–Crippen MR) is 164 cm³/mol. The maximum atomic E-state index is 14.3. The second-order valence-corrected chi connectivity index (χ2v) is 13.3. The van der Waals surface area contributed by atoms with Crippen molar-refractivity contribution in [2.45, 2.75) is 95.8 Å². The van der Waals surface area contributed by atoms with E-state index in [1.54, 1.807) is 39.8 Å². The van der Waals surface area contributed by atoms with Crippen molar-refractivity contribution in [1.82, 2.24) is 20.4 Å². The van der Waals surface area contributed by atoms with Gasteiger partial charge in [-0.15, -0.1) is 0 Å². The molecular formula is C33H43FN4O9. The Bertz CT molecular complexity index is 1430. The number of alkyl carbamates (subject to hydrolysis) is 1. The average molecular weight is 659 g/mol. The van der Waals surface area contributed by atoms with Gasteiger partial charge in [0.15, 0.2) is 0 Å². The third kappa shape index (κ3) is 7.86. The summed E-state index contributed by atoms with van der Waals surface area (Å²) in [5.41, 5.74) is -1.05. The largest absolute Gasteiger partial charge is 0.464 e. The molecule has 1 saturated heterocycles. The van der Waals surface area contributed by atoms with Gasteiger partial charge in [0.05, 0.1) is 26.3 Å². The molecular weight excluding hydrogens is 615 g/mol. The van der Waals surface area contributed by atoms with Crippen molar-refractivity contribution in [2.24, 2.45) is 5.92 Å². The van der Waals surface area contributed by atoms with Gasteiger partial charge < -0.3 is 34.5 Å². The number of hydrogen-bond acceptors (Lipinski definition) is 9. The molecule has 5 atom stereocenters. The molecule has 0 unspecified atom stereocenters. The summed E-state index contributed by atoms with van der Waals surface area (Å²) in [6, 6.07) is 2.26. The van der Waals surface area contributed by atoms with Crippen LogP contribution in [0.5, 0.6) is 0 Å². The van der Waals surface area contributed by atoms with Crippen LogP contribution in [0.15, 0.2) is 30.4 Å². The van der Waals surface area contributed by atoms with Crippen molar-refractivity contribution in [3.63, 3.8) is 0 Å². The first kappa shape index (κ1) is 34.1. The van der Waals surface area contributed by atoms with Gasteiger partial charge in [-0.3, -0.25) is 14.5 Å². The van der Waals surface area contributed by atoms with E-state index in [-0.39, 0.29) is 51.8 Å². The third-order valence-corrected chi connectivity index (χ3v) is 8.60. The molecule has 13 nitrogen and oxygen atoms in total. The summed E-state index contributed by atoms with van der Waals surface area (Å²) in [5.74, 6) is -2.55. The Hall–Kier alpha value is -4.20. The zero-order chi connectivity index (χ0) is 33.9. The highest BCUT2D eigenvalue weighted by Gasteiger charge is 2.62. The lowest BCUT2D eigenvalue weighted by Gasteiger charge is -2.30. The lowest BCUT2D eigenvalue weighted by molar-refractivity contribution is -0.150. The highest BCUT2D eigenvalue weighted by molar-refractivity contribution is 5.96. The van der Waals surface area contributed by atoms with Gasteiger partial charge in [0.2, 0.25) is 11.8 Å². The van der Waals surface area contributed by atoms with Gasteiger partial charge in [0, 0.05) is 31.1 Å². The van der Waals surface area contributed by atoms with Gasteiger partial charge in [-0.25, -0.2) is 18.8 Å². The van der Waals surface area contributed by atoms with Gasteiger partial charge in [0.25, 0.3) is 0 Å². The Morgan fingerprint density at radius 3 is 2.70 bits per heavy atom. The van der Waals surface area contributed by atoms with Crippen molar-refractivity contribution in [3.8, 4) is 0 Å². The first-order valence-corrected chi connectivity index (χ1v) is 16.1. The molecule has 14 heteroatoms. The third-order valence-electron chi connectivity index (χ3n) is 8.60. The van der Waals surface area contributed by atoms with Crippen LogP contribution in [0, 0.1) is 11.7 Å². The molecule has 47 heavy (non-hydrogen) atoms. The molecule has 4 aliphatic rings. The highest BCUT2D eigenvalue weighted by atomic mass is 19.1. The number of nitrogens with one attached hydrogen (secondary N) is 2. The van der Waals surface area contributed by atoms with Crippen LogP contribution in [-0.4, -0.2) is 95.5 Å². The monoisotopic (exact) mass is 658 g/mol. The van der Waals surface area contributed by atoms with Crippen molar-refractivity contribution >= 4 is 30.0 Å². The van der Waals surface area contributed by atoms with Crippen molar-refractivity contribution in [1.29, 1.82) is 0 Å². The quantitative estimate of drug-likeness (QED) is 0.283. The Labute approximate surface area is 273 Å². The molecule has 256 valence electrons. The second-order valence-electron chi connectivity index (χ2n) is 13.3. The molecule has 0 radical (unpaired) electrons. The minimum Gasteiger partial charge on any atom is -0.464 e. The number of nitrogens with zero attached hydrogens (tertiary/aromatic N) is 2. The van der Waals surface area contributed by atoms with E-state index < -0.39 is 65.1 Å². The van der Waals surface area contributed by atoms with E-state index in [4.69, 9.17) is 18.9 Å². The van der Waals surface area contributed by atoms with E-state index in [9.17, 15) is 28.4 Å². The highest BCUT2D eigenvalue weighted by Crippen LogP contribution is 2.46. The van der Waals surface area contributed by atoms with Crippen molar-refractivity contribution in [2.75, 3.05) is 26.4 Å². The number of allylic oxidation sites excluding steroid dienone is 1. The zero-order valence-electron chi connectivity index (χ0n) is 27.2. The van der Waals surface area contributed by atoms with Crippen molar-refractivity contribution in [3.05, 3.63) is 47.3 Å². The normalized spacial score (nSPS) is 28.4. The molecule has 1 saturated carbocycles. The van der Waals surface area contributed by atoms with E-state index >= 15 is 0 Å². The van der Waals surface area contributed by atoms with Crippen LogP contribution in [0.25, 0.3) is 0 Å².